The van der Waals surface area contributed by atoms with Gasteiger partial charge in [-0.3, -0.25) is 18.8 Å². The van der Waals surface area contributed by atoms with E-state index in [1.165, 1.54) is 12.8 Å². The number of nitrogens with one attached hydrogen (secondary N) is 1. The number of carbonyl (C=O) groups excluding carboxylic acids is 1. The molecule has 4 aromatic rings. The number of rotatable bonds is 11. The van der Waals surface area contributed by atoms with Crippen LogP contribution in [-0.4, -0.2) is 44.8 Å². The van der Waals surface area contributed by atoms with Crippen LogP contribution in [0.1, 0.15) is 43.4 Å². The normalized spacial score (nSPS) is 14.0. The van der Waals surface area contributed by atoms with Gasteiger partial charge >= 0.3 is 0 Å². The van der Waals surface area contributed by atoms with E-state index in [4.69, 9.17) is 18.1 Å². The van der Waals surface area contributed by atoms with Gasteiger partial charge in [0.2, 0.25) is 11.3 Å². The number of aryl methyl sites for hydroxylation is 2. The zero-order chi connectivity index (χ0) is 29.0. The van der Waals surface area contributed by atoms with Crippen molar-refractivity contribution in [3.05, 3.63) is 70.1 Å². The SMILES string of the molecule is Cc1cc(OCCOS(C)(=O)=O)c2oc3cc(Oc4ccc(CCC(=O)NC5CCCC5)nc4)ccc3c(=O)c2c1. The van der Waals surface area contributed by atoms with Crippen LogP contribution in [0.4, 0.5) is 0 Å². The summed E-state index contributed by atoms with van der Waals surface area (Å²) in [6.07, 6.45) is 7.95. The van der Waals surface area contributed by atoms with E-state index in [0.29, 0.717) is 52.5 Å². The van der Waals surface area contributed by atoms with Crippen LogP contribution in [0.2, 0.25) is 0 Å². The van der Waals surface area contributed by atoms with Gasteiger partial charge in [-0.15, -0.1) is 0 Å². The molecule has 0 atom stereocenters. The number of fused-ring (bicyclic) bond motifs is 2. The molecule has 41 heavy (non-hydrogen) atoms. The Balaban J connectivity index is 1.29. The maximum atomic E-state index is 13.3. The quantitative estimate of drug-likeness (QED) is 0.151. The van der Waals surface area contributed by atoms with E-state index >= 15 is 0 Å². The van der Waals surface area contributed by atoms with Crippen LogP contribution >= 0.6 is 0 Å². The van der Waals surface area contributed by atoms with Crippen molar-refractivity contribution in [2.75, 3.05) is 19.5 Å². The molecule has 0 spiro atoms. The third-order valence-corrected chi connectivity index (χ3v) is 7.45. The molecule has 1 aliphatic rings. The maximum absolute atomic E-state index is 13.3. The molecule has 1 amide bonds. The van der Waals surface area contributed by atoms with Gasteiger partial charge in [-0.05, 0) is 68.1 Å². The lowest BCUT2D eigenvalue weighted by Gasteiger charge is -2.12. The predicted molar refractivity (Wildman–Crippen MR) is 154 cm³/mol. The summed E-state index contributed by atoms with van der Waals surface area (Å²) in [5, 5.41) is 3.82. The Morgan fingerprint density at radius 3 is 2.56 bits per heavy atom. The number of pyridine rings is 1. The van der Waals surface area contributed by atoms with Crippen molar-refractivity contribution in [3.63, 3.8) is 0 Å². The summed E-state index contributed by atoms with van der Waals surface area (Å²) in [7, 11) is -3.60. The average Bonchev–Trinajstić information content (AvgIpc) is 3.44. The number of aromatic nitrogens is 1. The van der Waals surface area contributed by atoms with Gasteiger partial charge in [-0.25, -0.2) is 0 Å². The highest BCUT2D eigenvalue weighted by molar-refractivity contribution is 7.85. The predicted octanol–water partition coefficient (Wildman–Crippen LogP) is 4.79. The number of amides is 1. The Bertz CT molecular complexity index is 1730. The molecule has 2 aromatic heterocycles. The summed E-state index contributed by atoms with van der Waals surface area (Å²) >= 11 is 0. The lowest BCUT2D eigenvalue weighted by molar-refractivity contribution is -0.121. The summed E-state index contributed by atoms with van der Waals surface area (Å²) in [6.45, 7) is 1.60. The molecule has 1 fully saturated rings. The van der Waals surface area contributed by atoms with E-state index in [1.807, 2.05) is 13.0 Å². The Hall–Kier alpha value is -3.96. The summed E-state index contributed by atoms with van der Waals surface area (Å²) < 4.78 is 44.9. The van der Waals surface area contributed by atoms with Crippen LogP contribution in [0.25, 0.3) is 21.9 Å². The van der Waals surface area contributed by atoms with Gasteiger partial charge in [-0.1, -0.05) is 12.8 Å². The van der Waals surface area contributed by atoms with Gasteiger partial charge in [0.25, 0.3) is 10.1 Å². The van der Waals surface area contributed by atoms with Crippen molar-refractivity contribution in [2.45, 2.75) is 51.5 Å². The molecule has 11 heteroatoms. The minimum Gasteiger partial charge on any atom is -0.487 e. The monoisotopic (exact) mass is 580 g/mol. The Morgan fingerprint density at radius 1 is 1.05 bits per heavy atom. The van der Waals surface area contributed by atoms with Crippen molar-refractivity contribution in [1.29, 1.82) is 0 Å². The number of ether oxygens (including phenoxy) is 2. The molecule has 2 aromatic carbocycles. The Labute approximate surface area is 237 Å². The van der Waals surface area contributed by atoms with Gasteiger partial charge in [0.15, 0.2) is 11.3 Å². The van der Waals surface area contributed by atoms with E-state index in [-0.39, 0.29) is 30.1 Å². The van der Waals surface area contributed by atoms with E-state index in [2.05, 4.69) is 10.3 Å². The molecule has 0 aliphatic heterocycles. The second kappa shape index (κ2) is 12.3. The van der Waals surface area contributed by atoms with Gasteiger partial charge < -0.3 is 19.2 Å². The fraction of sp³-hybridized carbons (Fsp3) is 0.367. The zero-order valence-corrected chi connectivity index (χ0v) is 23.8. The minimum atomic E-state index is -3.60. The largest absolute Gasteiger partial charge is 0.487 e. The minimum absolute atomic E-state index is 0.0509. The fourth-order valence-electron chi connectivity index (χ4n) is 4.92. The Kier molecular flexibility index (Phi) is 8.55. The maximum Gasteiger partial charge on any atom is 0.264 e. The van der Waals surface area contributed by atoms with Crippen molar-refractivity contribution in [2.24, 2.45) is 0 Å². The van der Waals surface area contributed by atoms with Crippen LogP contribution in [0.3, 0.4) is 0 Å². The van der Waals surface area contributed by atoms with E-state index in [9.17, 15) is 18.0 Å². The smallest absolute Gasteiger partial charge is 0.264 e. The molecular formula is C30H32N2O8S. The lowest BCUT2D eigenvalue weighted by Crippen LogP contribution is -2.32. The summed E-state index contributed by atoms with van der Waals surface area (Å²) in [5.41, 5.74) is 1.90. The molecule has 10 nitrogen and oxygen atoms in total. The topological polar surface area (TPSA) is 134 Å². The summed E-state index contributed by atoms with van der Waals surface area (Å²) in [5.74, 6) is 1.30. The molecule has 2 heterocycles. The highest BCUT2D eigenvalue weighted by atomic mass is 32.2. The average molecular weight is 581 g/mol. The summed E-state index contributed by atoms with van der Waals surface area (Å²) in [6, 6.07) is 12.3. The molecule has 216 valence electrons. The first-order valence-corrected chi connectivity index (χ1v) is 15.4. The number of hydrogen-bond acceptors (Lipinski definition) is 9. The third-order valence-electron chi connectivity index (χ3n) is 6.85. The van der Waals surface area contributed by atoms with Crippen LogP contribution in [0.15, 0.2) is 57.9 Å². The molecule has 0 radical (unpaired) electrons. The second-order valence-electron chi connectivity index (χ2n) is 10.2. The zero-order valence-electron chi connectivity index (χ0n) is 23.0. The van der Waals surface area contributed by atoms with Crippen LogP contribution < -0.4 is 20.2 Å². The van der Waals surface area contributed by atoms with Gasteiger partial charge in [0.1, 0.15) is 30.3 Å². The number of nitrogens with zero attached hydrogens (tertiary/aromatic N) is 1. The molecule has 0 bridgehead atoms. The number of benzene rings is 2. The van der Waals surface area contributed by atoms with Crippen molar-refractivity contribution in [3.8, 4) is 17.2 Å². The molecule has 1 N–H and O–H groups in total. The number of carbonyl (C=O) groups is 1. The third kappa shape index (κ3) is 7.42. The highest BCUT2D eigenvalue weighted by Gasteiger charge is 2.17. The first-order chi connectivity index (χ1) is 19.6. The molecule has 0 saturated heterocycles. The second-order valence-corrected chi connectivity index (χ2v) is 11.9. The first-order valence-electron chi connectivity index (χ1n) is 13.6. The van der Waals surface area contributed by atoms with Crippen LogP contribution in [0.5, 0.6) is 17.2 Å². The number of hydrogen-bond donors (Lipinski definition) is 1. The van der Waals surface area contributed by atoms with E-state index < -0.39 is 10.1 Å². The van der Waals surface area contributed by atoms with Gasteiger partial charge in [-0.2, -0.15) is 8.42 Å². The highest BCUT2D eigenvalue weighted by Crippen LogP contribution is 2.31. The van der Waals surface area contributed by atoms with Gasteiger partial charge in [0.05, 0.1) is 23.2 Å². The fourth-order valence-corrected chi connectivity index (χ4v) is 5.29. The molecule has 1 saturated carbocycles. The molecule has 5 rings (SSSR count). The summed E-state index contributed by atoms with van der Waals surface area (Å²) in [4.78, 5) is 29.9. The van der Waals surface area contributed by atoms with Crippen molar-refractivity contribution < 1.29 is 31.3 Å². The standard InChI is InChI=1S/C30H32N2O8S/c1-19-15-25-29(34)24-11-10-22(17-26(24)40-30(25)27(16-19)37-13-14-38-41(2,35)36)39-23-9-7-20(31-18-23)8-12-28(33)32-21-5-3-4-6-21/h7,9-11,15-18,21H,3-6,8,12-14H2,1-2H3,(H,32,33). The molecule has 1 aliphatic carbocycles. The van der Waals surface area contributed by atoms with E-state index in [0.717, 1.165) is 30.4 Å². The van der Waals surface area contributed by atoms with Crippen molar-refractivity contribution in [1.82, 2.24) is 10.3 Å². The first kappa shape index (κ1) is 28.6. The van der Waals surface area contributed by atoms with E-state index in [1.54, 1.807) is 42.6 Å². The lowest BCUT2D eigenvalue weighted by atomic mass is 10.1. The van der Waals surface area contributed by atoms with Gasteiger partial charge in [0, 0.05) is 24.2 Å². The molecular weight excluding hydrogens is 548 g/mol. The van der Waals surface area contributed by atoms with Crippen molar-refractivity contribution >= 4 is 38.0 Å². The molecule has 0 unspecified atom stereocenters. The Morgan fingerprint density at radius 2 is 1.83 bits per heavy atom. The van der Waals surface area contributed by atoms with Crippen LogP contribution in [-0.2, 0) is 25.5 Å². The van der Waals surface area contributed by atoms with Crippen LogP contribution in [0, 0.1) is 6.92 Å².